The molecule has 2 aliphatic heterocycles. The lowest BCUT2D eigenvalue weighted by molar-refractivity contribution is -0.124. The van der Waals surface area contributed by atoms with Crippen molar-refractivity contribution in [2.45, 2.75) is 89.3 Å². The molecule has 2 fully saturated rings. The third kappa shape index (κ3) is 5.89. The molecule has 0 aromatic rings. The van der Waals surface area contributed by atoms with Crippen molar-refractivity contribution in [1.82, 2.24) is 10.2 Å². The molecule has 2 atom stereocenters. The van der Waals surface area contributed by atoms with Crippen LogP contribution in [0.2, 0.25) is 0 Å². The number of amides is 1. The van der Waals surface area contributed by atoms with Crippen molar-refractivity contribution in [3.05, 3.63) is 36.1 Å². The van der Waals surface area contributed by atoms with Gasteiger partial charge in [-0.1, -0.05) is 25.5 Å². The first kappa shape index (κ1) is 22.3. The first-order chi connectivity index (χ1) is 15.1. The van der Waals surface area contributed by atoms with Crippen LogP contribution in [0.25, 0.3) is 11.3 Å². The van der Waals surface area contributed by atoms with Crippen LogP contribution in [-0.2, 0) is 4.79 Å². The van der Waals surface area contributed by atoms with Gasteiger partial charge in [0.2, 0.25) is 5.91 Å². The average Bonchev–Trinajstić information content (AvgIpc) is 3.26. The molecular formula is C26H38N2O3. The fourth-order valence-electron chi connectivity index (χ4n) is 5.39. The maximum absolute atomic E-state index is 12.0. The van der Waals surface area contributed by atoms with E-state index in [0.29, 0.717) is 12.5 Å². The summed E-state index contributed by atoms with van der Waals surface area (Å²) in [7, 11) is 0. The zero-order chi connectivity index (χ0) is 21.6. The fraction of sp³-hybridized carbons (Fsp3) is 0.654. The van der Waals surface area contributed by atoms with Crippen molar-refractivity contribution < 1.29 is 14.3 Å². The lowest BCUT2D eigenvalue weighted by Gasteiger charge is -2.37. The van der Waals surface area contributed by atoms with E-state index in [1.165, 1.54) is 56.2 Å². The van der Waals surface area contributed by atoms with E-state index in [1.54, 1.807) is 0 Å². The molecule has 1 saturated carbocycles. The maximum atomic E-state index is 12.0. The number of rotatable bonds is 8. The number of aliphatic hydroxyl groups excluding tert-OH is 1. The van der Waals surface area contributed by atoms with Crippen LogP contribution in [0.4, 0.5) is 0 Å². The normalized spacial score (nSPS) is 26.1. The second kappa shape index (κ2) is 10.6. The third-order valence-electron chi connectivity index (χ3n) is 7.38. The minimum Gasteiger partial charge on any atom is -0.464 e. The monoisotopic (exact) mass is 426 g/mol. The van der Waals surface area contributed by atoms with Crippen LogP contribution in [0.5, 0.6) is 0 Å². The summed E-state index contributed by atoms with van der Waals surface area (Å²) in [5.41, 5.74) is 2.52. The van der Waals surface area contributed by atoms with Gasteiger partial charge in [0, 0.05) is 23.2 Å². The van der Waals surface area contributed by atoms with E-state index < -0.39 is 6.10 Å². The molecule has 0 bridgehead atoms. The Hall–Kier alpha value is -1.85. The Morgan fingerprint density at radius 1 is 1.23 bits per heavy atom. The Labute approximate surface area is 186 Å². The van der Waals surface area contributed by atoms with Crippen LogP contribution in [0.3, 0.4) is 0 Å². The zero-order valence-electron chi connectivity index (χ0n) is 18.9. The smallest absolute Gasteiger partial charge is 0.222 e. The van der Waals surface area contributed by atoms with Gasteiger partial charge in [-0.25, -0.2) is 0 Å². The highest BCUT2D eigenvalue weighted by atomic mass is 16.3. The van der Waals surface area contributed by atoms with Gasteiger partial charge in [-0.15, -0.1) is 0 Å². The number of carbonyl (C=O) groups excluding carboxylic acids is 1. The van der Waals surface area contributed by atoms with Crippen LogP contribution >= 0.6 is 0 Å². The summed E-state index contributed by atoms with van der Waals surface area (Å²) < 4.78 is 5.88. The Bertz CT molecular complexity index is 796. The van der Waals surface area contributed by atoms with Crippen LogP contribution in [0, 0.1) is 5.92 Å². The molecule has 0 aromatic carbocycles. The molecule has 2 N–H and O–H groups in total. The molecule has 0 radical (unpaired) electrons. The molecule has 2 heterocycles. The lowest BCUT2D eigenvalue weighted by atomic mass is 9.83. The standard InChI is InChI=1S/C26H38N2O3/c1-2-23(29)17-26(30)27-22-11-9-19(10-12-22)13-15-28-14-4-3-7-24(28)21-16-20-6-5-8-25(20)31-18-21/h5-6,8,16,18-19,22-24,29H,2-4,7,9-15,17H2,1H3,(H,27,30)/t19-,22-,23-,24?/m0/s1. The summed E-state index contributed by atoms with van der Waals surface area (Å²) in [5, 5.41) is 12.8. The van der Waals surface area contributed by atoms with Gasteiger partial charge in [-0.2, -0.15) is 0 Å². The van der Waals surface area contributed by atoms with Gasteiger partial charge in [0.25, 0.3) is 0 Å². The lowest BCUT2D eigenvalue weighted by Crippen LogP contribution is -2.39. The summed E-state index contributed by atoms with van der Waals surface area (Å²) in [6.45, 7) is 4.23. The summed E-state index contributed by atoms with van der Waals surface area (Å²) in [4.78, 5) is 14.7. The van der Waals surface area contributed by atoms with E-state index in [9.17, 15) is 9.90 Å². The molecule has 4 rings (SSSR count). The van der Waals surface area contributed by atoms with Crippen molar-refractivity contribution in [2.24, 2.45) is 5.92 Å². The Kier molecular flexibility index (Phi) is 7.67. The predicted molar refractivity (Wildman–Crippen MR) is 123 cm³/mol. The van der Waals surface area contributed by atoms with Gasteiger partial charge < -0.3 is 14.8 Å². The number of nitrogens with one attached hydrogen (secondary N) is 1. The van der Waals surface area contributed by atoms with E-state index in [4.69, 9.17) is 4.42 Å². The van der Waals surface area contributed by atoms with Gasteiger partial charge >= 0.3 is 0 Å². The minimum atomic E-state index is -0.513. The molecule has 1 amide bonds. The zero-order valence-corrected chi connectivity index (χ0v) is 18.9. The molecule has 5 heteroatoms. The van der Waals surface area contributed by atoms with E-state index in [2.05, 4.69) is 28.4 Å². The molecule has 4 aliphatic rings. The summed E-state index contributed by atoms with van der Waals surface area (Å²) in [6.07, 6.45) is 11.8. The molecular weight excluding hydrogens is 388 g/mol. The number of hydrogen-bond donors (Lipinski definition) is 2. The predicted octanol–water partition coefficient (Wildman–Crippen LogP) is 5.14. The van der Waals surface area contributed by atoms with Gasteiger partial charge in [-0.3, -0.25) is 9.69 Å². The number of hydrogen-bond acceptors (Lipinski definition) is 4. The quantitative estimate of drug-likeness (QED) is 0.614. The van der Waals surface area contributed by atoms with Crippen LogP contribution < -0.4 is 5.32 Å². The molecule has 31 heavy (non-hydrogen) atoms. The van der Waals surface area contributed by atoms with Crippen molar-refractivity contribution in [3.63, 3.8) is 0 Å². The average molecular weight is 427 g/mol. The first-order valence-corrected chi connectivity index (χ1v) is 12.3. The van der Waals surface area contributed by atoms with Crippen molar-refractivity contribution in [1.29, 1.82) is 0 Å². The summed E-state index contributed by atoms with van der Waals surface area (Å²) in [5.74, 6) is 1.72. The van der Waals surface area contributed by atoms with Gasteiger partial charge in [-0.05, 0) is 82.5 Å². The second-order valence-electron chi connectivity index (χ2n) is 9.61. The first-order valence-electron chi connectivity index (χ1n) is 12.3. The van der Waals surface area contributed by atoms with E-state index >= 15 is 0 Å². The van der Waals surface area contributed by atoms with Crippen LogP contribution in [0.1, 0.15) is 82.7 Å². The molecule has 0 spiro atoms. The minimum absolute atomic E-state index is 0.00108. The van der Waals surface area contributed by atoms with E-state index in [-0.39, 0.29) is 18.4 Å². The summed E-state index contributed by atoms with van der Waals surface area (Å²) >= 11 is 0. The van der Waals surface area contributed by atoms with Gasteiger partial charge in [0.15, 0.2) is 0 Å². The molecule has 1 saturated heterocycles. The van der Waals surface area contributed by atoms with E-state index in [1.807, 2.05) is 19.3 Å². The largest absolute Gasteiger partial charge is 0.464 e. The molecule has 5 nitrogen and oxygen atoms in total. The van der Waals surface area contributed by atoms with Crippen molar-refractivity contribution >= 4 is 5.91 Å². The number of nitrogens with zero attached hydrogens (tertiary/aromatic N) is 1. The molecule has 2 aliphatic carbocycles. The topological polar surface area (TPSA) is 65.7 Å². The molecule has 170 valence electrons. The SMILES string of the molecule is CC[C@H](O)CC(=O)N[C@H]1CC[C@H](CCN2CCCCC2c2coc3cccc-3c2)CC1. The fourth-order valence-corrected chi connectivity index (χ4v) is 5.39. The maximum Gasteiger partial charge on any atom is 0.222 e. The molecule has 0 aromatic heterocycles. The highest BCUT2D eigenvalue weighted by Gasteiger charge is 2.28. The Morgan fingerprint density at radius 3 is 2.87 bits per heavy atom. The third-order valence-corrected chi connectivity index (χ3v) is 7.38. The second-order valence-corrected chi connectivity index (χ2v) is 9.61. The van der Waals surface area contributed by atoms with Crippen molar-refractivity contribution in [2.75, 3.05) is 13.1 Å². The van der Waals surface area contributed by atoms with Crippen LogP contribution in [-0.4, -0.2) is 41.1 Å². The van der Waals surface area contributed by atoms with E-state index in [0.717, 1.165) is 31.1 Å². The summed E-state index contributed by atoms with van der Waals surface area (Å²) in [6, 6.07) is 9.29. The van der Waals surface area contributed by atoms with Crippen LogP contribution in [0.15, 0.2) is 34.9 Å². The number of fused-ring (bicyclic) bond motifs is 1. The van der Waals surface area contributed by atoms with Crippen molar-refractivity contribution in [3.8, 4) is 11.3 Å². The number of piperidine rings is 1. The number of carbonyl (C=O) groups is 1. The molecule has 1 unspecified atom stereocenters. The highest BCUT2D eigenvalue weighted by Crippen LogP contribution is 2.36. The van der Waals surface area contributed by atoms with Gasteiger partial charge in [0.1, 0.15) is 5.76 Å². The number of aliphatic hydroxyl groups is 1. The van der Waals surface area contributed by atoms with Gasteiger partial charge in [0.05, 0.1) is 18.8 Å². The Balaban J connectivity index is 1.25. The number of likely N-dealkylation sites (tertiary alicyclic amines) is 1. The highest BCUT2D eigenvalue weighted by molar-refractivity contribution is 5.76. The Morgan fingerprint density at radius 2 is 2.06 bits per heavy atom.